The lowest BCUT2D eigenvalue weighted by atomic mass is 9.74. The summed E-state index contributed by atoms with van der Waals surface area (Å²) < 4.78 is 12.3. The average Bonchev–Trinajstić information content (AvgIpc) is 2.68. The molecule has 27 heavy (non-hydrogen) atoms. The van der Waals surface area contributed by atoms with Gasteiger partial charge in [0.1, 0.15) is 5.75 Å². The highest BCUT2D eigenvalue weighted by Gasteiger charge is 2.35. The van der Waals surface area contributed by atoms with Gasteiger partial charge in [0.15, 0.2) is 6.61 Å². The topological polar surface area (TPSA) is 47.6 Å². The van der Waals surface area contributed by atoms with Crippen molar-refractivity contribution in [3.8, 4) is 5.75 Å². The van der Waals surface area contributed by atoms with Crippen LogP contribution in [0.15, 0.2) is 46.9 Å². The molecule has 2 aromatic carbocycles. The van der Waals surface area contributed by atoms with Crippen molar-refractivity contribution < 1.29 is 14.3 Å². The molecule has 0 saturated carbocycles. The molecule has 1 fully saturated rings. The van der Waals surface area contributed by atoms with E-state index in [2.05, 4.69) is 33.4 Å². The molecular weight excluding hydrogens is 406 g/mol. The molecule has 3 rings (SSSR count). The number of hydrogen-bond donors (Lipinski definition) is 1. The van der Waals surface area contributed by atoms with Crippen molar-refractivity contribution in [1.82, 2.24) is 5.32 Å². The molecule has 1 aliphatic heterocycles. The molecule has 0 aliphatic carbocycles. The van der Waals surface area contributed by atoms with E-state index in [1.54, 1.807) is 0 Å². The summed E-state index contributed by atoms with van der Waals surface area (Å²) >= 11 is 3.56. The minimum atomic E-state index is -0.100. The fourth-order valence-electron chi connectivity index (χ4n) is 3.47. The van der Waals surface area contributed by atoms with E-state index in [0.29, 0.717) is 19.8 Å². The number of nitrogens with one attached hydrogen (secondary N) is 1. The number of carbonyl (C=O) groups excluding carboxylic acids is 1. The third kappa shape index (κ3) is 5.11. The summed E-state index contributed by atoms with van der Waals surface area (Å²) in [6.07, 6.45) is 1.78. The van der Waals surface area contributed by atoms with Gasteiger partial charge >= 0.3 is 0 Å². The molecule has 1 heterocycles. The van der Waals surface area contributed by atoms with Gasteiger partial charge in [-0.15, -0.1) is 0 Å². The Balaban J connectivity index is 1.63. The van der Waals surface area contributed by atoms with Gasteiger partial charge in [-0.25, -0.2) is 0 Å². The molecule has 1 amide bonds. The number of halogens is 1. The van der Waals surface area contributed by atoms with Crippen molar-refractivity contribution in [3.63, 3.8) is 0 Å². The van der Waals surface area contributed by atoms with Crippen LogP contribution >= 0.6 is 15.9 Å². The summed E-state index contributed by atoms with van der Waals surface area (Å²) in [7, 11) is 0. The first-order chi connectivity index (χ1) is 13.0. The zero-order valence-corrected chi connectivity index (χ0v) is 17.5. The molecule has 0 aromatic heterocycles. The molecule has 0 atom stereocenters. The number of aryl methyl sites for hydroxylation is 2. The van der Waals surface area contributed by atoms with Crippen molar-refractivity contribution in [2.24, 2.45) is 0 Å². The van der Waals surface area contributed by atoms with Crippen molar-refractivity contribution in [1.29, 1.82) is 0 Å². The Hall–Kier alpha value is -1.85. The lowest BCUT2D eigenvalue weighted by Crippen LogP contribution is -2.45. The molecule has 2 aromatic rings. The summed E-state index contributed by atoms with van der Waals surface area (Å²) in [4.78, 5) is 12.4. The summed E-state index contributed by atoms with van der Waals surface area (Å²) in [5, 5.41) is 3.08. The maximum Gasteiger partial charge on any atom is 0.257 e. The molecule has 5 heteroatoms. The molecule has 144 valence electrons. The number of hydrogen-bond acceptors (Lipinski definition) is 3. The standard InChI is InChI=1S/C22H26BrNO3/c1-16-6-7-17(2)20(12-16)27-14-21(25)24-15-22(8-10-26-11-9-22)18-4-3-5-19(23)13-18/h3-7,12-13H,8-11,14-15H2,1-2H3,(H,24,25). The largest absolute Gasteiger partial charge is 0.483 e. The molecule has 1 saturated heterocycles. The zero-order chi connectivity index (χ0) is 19.3. The predicted molar refractivity (Wildman–Crippen MR) is 110 cm³/mol. The number of carbonyl (C=O) groups is 1. The second-order valence-corrected chi connectivity index (χ2v) is 8.15. The molecule has 0 spiro atoms. The van der Waals surface area contributed by atoms with E-state index in [1.807, 2.05) is 44.2 Å². The molecular formula is C22H26BrNO3. The monoisotopic (exact) mass is 431 g/mol. The van der Waals surface area contributed by atoms with E-state index < -0.39 is 0 Å². The first-order valence-corrected chi connectivity index (χ1v) is 10.1. The average molecular weight is 432 g/mol. The van der Waals surface area contributed by atoms with Crippen LogP contribution in [0.4, 0.5) is 0 Å². The second kappa shape index (κ2) is 8.89. The molecule has 1 N–H and O–H groups in total. The van der Waals surface area contributed by atoms with E-state index >= 15 is 0 Å². The van der Waals surface area contributed by atoms with Crippen LogP contribution in [0.1, 0.15) is 29.5 Å². The Bertz CT molecular complexity index is 800. The van der Waals surface area contributed by atoms with Crippen LogP contribution in [-0.4, -0.2) is 32.3 Å². The van der Waals surface area contributed by atoms with Gasteiger partial charge in [0.05, 0.1) is 0 Å². The van der Waals surface area contributed by atoms with E-state index in [1.165, 1.54) is 5.56 Å². The van der Waals surface area contributed by atoms with Crippen molar-refractivity contribution in [2.45, 2.75) is 32.1 Å². The zero-order valence-electron chi connectivity index (χ0n) is 15.9. The number of benzene rings is 2. The third-order valence-electron chi connectivity index (χ3n) is 5.21. The lowest BCUT2D eigenvalue weighted by molar-refractivity contribution is -0.123. The van der Waals surface area contributed by atoms with Crippen molar-refractivity contribution in [3.05, 3.63) is 63.6 Å². The molecule has 0 unspecified atom stereocenters. The molecule has 0 radical (unpaired) electrons. The quantitative estimate of drug-likeness (QED) is 0.740. The van der Waals surface area contributed by atoms with Gasteiger partial charge in [-0.3, -0.25) is 4.79 Å². The Kier molecular flexibility index (Phi) is 6.55. The highest BCUT2D eigenvalue weighted by molar-refractivity contribution is 9.10. The maximum atomic E-state index is 12.4. The highest BCUT2D eigenvalue weighted by atomic mass is 79.9. The van der Waals surface area contributed by atoms with Gasteiger partial charge in [0.2, 0.25) is 0 Å². The molecule has 0 bridgehead atoms. The number of rotatable bonds is 6. The van der Waals surface area contributed by atoms with Gasteiger partial charge in [0.25, 0.3) is 5.91 Å². The predicted octanol–water partition coefficient (Wildman–Crippen LogP) is 4.31. The van der Waals surface area contributed by atoms with Gasteiger partial charge < -0.3 is 14.8 Å². The number of ether oxygens (including phenoxy) is 2. The van der Waals surface area contributed by atoms with Gasteiger partial charge in [-0.05, 0) is 61.6 Å². The molecule has 1 aliphatic rings. The fraction of sp³-hybridized carbons (Fsp3) is 0.409. The lowest BCUT2D eigenvalue weighted by Gasteiger charge is -2.38. The van der Waals surface area contributed by atoms with Crippen LogP contribution in [0.25, 0.3) is 0 Å². The Morgan fingerprint density at radius 3 is 2.70 bits per heavy atom. The molecule has 4 nitrogen and oxygen atoms in total. The van der Waals surface area contributed by atoms with Gasteiger partial charge in [-0.2, -0.15) is 0 Å². The van der Waals surface area contributed by atoms with Crippen LogP contribution in [0.2, 0.25) is 0 Å². The van der Waals surface area contributed by atoms with Crippen molar-refractivity contribution >= 4 is 21.8 Å². The summed E-state index contributed by atoms with van der Waals surface area (Å²) in [6, 6.07) is 14.3. The van der Waals surface area contributed by atoms with E-state index in [0.717, 1.165) is 34.2 Å². The smallest absolute Gasteiger partial charge is 0.257 e. The maximum absolute atomic E-state index is 12.4. The second-order valence-electron chi connectivity index (χ2n) is 7.24. The van der Waals surface area contributed by atoms with E-state index in [-0.39, 0.29) is 17.9 Å². The van der Waals surface area contributed by atoms with E-state index in [4.69, 9.17) is 9.47 Å². The van der Waals surface area contributed by atoms with Gasteiger partial charge in [-0.1, -0.05) is 40.2 Å². The summed E-state index contributed by atoms with van der Waals surface area (Å²) in [5.41, 5.74) is 3.28. The van der Waals surface area contributed by atoms with Gasteiger partial charge in [0, 0.05) is 29.6 Å². The Morgan fingerprint density at radius 2 is 1.96 bits per heavy atom. The van der Waals surface area contributed by atoms with Crippen molar-refractivity contribution in [2.75, 3.05) is 26.4 Å². The minimum Gasteiger partial charge on any atom is -0.483 e. The van der Waals surface area contributed by atoms with Crippen LogP contribution < -0.4 is 10.1 Å². The Morgan fingerprint density at radius 1 is 1.19 bits per heavy atom. The third-order valence-corrected chi connectivity index (χ3v) is 5.71. The summed E-state index contributed by atoms with van der Waals surface area (Å²) in [5.74, 6) is 0.662. The highest BCUT2D eigenvalue weighted by Crippen LogP contribution is 2.35. The van der Waals surface area contributed by atoms with E-state index in [9.17, 15) is 4.79 Å². The normalized spacial score (nSPS) is 16.0. The first kappa shape index (κ1) is 19.9. The SMILES string of the molecule is Cc1ccc(C)c(OCC(=O)NCC2(c3cccc(Br)c3)CCOCC2)c1. The van der Waals surface area contributed by atoms with Crippen LogP contribution in [0.5, 0.6) is 5.75 Å². The van der Waals surface area contributed by atoms with Crippen LogP contribution in [0.3, 0.4) is 0 Å². The first-order valence-electron chi connectivity index (χ1n) is 9.29. The van der Waals surface area contributed by atoms with Crippen LogP contribution in [-0.2, 0) is 14.9 Å². The Labute approximate surface area is 169 Å². The minimum absolute atomic E-state index is 0.0232. The number of amides is 1. The van der Waals surface area contributed by atoms with Crippen LogP contribution in [0, 0.1) is 13.8 Å². The fourth-order valence-corrected chi connectivity index (χ4v) is 3.87. The summed E-state index contributed by atoms with van der Waals surface area (Å²) in [6.45, 7) is 6.02.